The maximum absolute atomic E-state index is 11.3. The van der Waals surface area contributed by atoms with Gasteiger partial charge in [-0.05, 0) is 6.42 Å². The zero-order chi connectivity index (χ0) is 10.5. The fourth-order valence-corrected chi connectivity index (χ4v) is 1.56. The standard InChI is InChI=1S/C10H13N3O2/c14-10-2-1-5-13(10)6-7-15-9-3-4-11-8-12-9/h3-4,8H,1-2,5-7H2. The van der Waals surface area contributed by atoms with Crippen molar-refractivity contribution >= 4 is 5.91 Å². The summed E-state index contributed by atoms with van der Waals surface area (Å²) in [6.07, 6.45) is 4.71. The SMILES string of the molecule is O=C1CCCN1CCOc1ccncn1. The van der Waals surface area contributed by atoms with Gasteiger partial charge in [0.2, 0.25) is 11.8 Å². The molecule has 5 heteroatoms. The van der Waals surface area contributed by atoms with Crippen LogP contribution in [0.15, 0.2) is 18.6 Å². The number of hydrogen-bond acceptors (Lipinski definition) is 4. The van der Waals surface area contributed by atoms with Crippen molar-refractivity contribution in [3.05, 3.63) is 18.6 Å². The molecule has 1 amide bonds. The van der Waals surface area contributed by atoms with Gasteiger partial charge < -0.3 is 9.64 Å². The number of rotatable bonds is 4. The van der Waals surface area contributed by atoms with E-state index >= 15 is 0 Å². The Kier molecular flexibility index (Phi) is 3.11. The second kappa shape index (κ2) is 4.72. The van der Waals surface area contributed by atoms with E-state index in [4.69, 9.17) is 4.74 Å². The minimum atomic E-state index is 0.223. The van der Waals surface area contributed by atoms with E-state index in [1.807, 2.05) is 4.90 Å². The van der Waals surface area contributed by atoms with Crippen LogP contribution in [-0.2, 0) is 4.79 Å². The third-order valence-electron chi connectivity index (χ3n) is 2.34. The monoisotopic (exact) mass is 207 g/mol. The Morgan fingerprint density at radius 2 is 2.47 bits per heavy atom. The molecule has 2 heterocycles. The molecule has 1 aromatic rings. The van der Waals surface area contributed by atoms with Gasteiger partial charge in [-0.15, -0.1) is 0 Å². The van der Waals surface area contributed by atoms with Gasteiger partial charge in [-0.25, -0.2) is 9.97 Å². The zero-order valence-electron chi connectivity index (χ0n) is 8.43. The minimum Gasteiger partial charge on any atom is -0.476 e. The molecule has 1 aliphatic heterocycles. The molecule has 1 saturated heterocycles. The van der Waals surface area contributed by atoms with Gasteiger partial charge in [-0.1, -0.05) is 0 Å². The van der Waals surface area contributed by atoms with Crippen LogP contribution < -0.4 is 4.74 Å². The second-order valence-corrected chi connectivity index (χ2v) is 3.38. The molecular formula is C10H13N3O2. The van der Waals surface area contributed by atoms with Gasteiger partial charge in [0.15, 0.2) is 0 Å². The fourth-order valence-electron chi connectivity index (χ4n) is 1.56. The predicted octanol–water partition coefficient (Wildman–Crippen LogP) is 0.478. The Hall–Kier alpha value is -1.65. The topological polar surface area (TPSA) is 55.3 Å². The van der Waals surface area contributed by atoms with Crippen molar-refractivity contribution < 1.29 is 9.53 Å². The van der Waals surface area contributed by atoms with E-state index in [-0.39, 0.29) is 5.91 Å². The van der Waals surface area contributed by atoms with E-state index in [9.17, 15) is 4.79 Å². The molecule has 0 aliphatic carbocycles. The van der Waals surface area contributed by atoms with E-state index in [1.165, 1.54) is 6.33 Å². The summed E-state index contributed by atoms with van der Waals surface area (Å²) in [6, 6.07) is 1.70. The first kappa shape index (κ1) is 9.89. The summed E-state index contributed by atoms with van der Waals surface area (Å²) in [4.78, 5) is 20.8. The van der Waals surface area contributed by atoms with Gasteiger partial charge in [0.25, 0.3) is 0 Å². The minimum absolute atomic E-state index is 0.223. The number of carbonyl (C=O) groups is 1. The molecule has 2 rings (SSSR count). The lowest BCUT2D eigenvalue weighted by Crippen LogP contribution is -2.29. The maximum atomic E-state index is 11.3. The molecule has 1 aromatic heterocycles. The van der Waals surface area contributed by atoms with Gasteiger partial charge in [-0.2, -0.15) is 0 Å². The summed E-state index contributed by atoms with van der Waals surface area (Å²) >= 11 is 0. The number of amides is 1. The number of ether oxygens (including phenoxy) is 1. The van der Waals surface area contributed by atoms with E-state index < -0.39 is 0 Å². The molecule has 0 radical (unpaired) electrons. The molecule has 80 valence electrons. The van der Waals surface area contributed by atoms with Crippen molar-refractivity contribution in [2.24, 2.45) is 0 Å². The highest BCUT2D eigenvalue weighted by Crippen LogP contribution is 2.09. The quantitative estimate of drug-likeness (QED) is 0.720. The number of hydrogen-bond donors (Lipinski definition) is 0. The largest absolute Gasteiger partial charge is 0.476 e. The van der Waals surface area contributed by atoms with Crippen LogP contribution in [0.2, 0.25) is 0 Å². The number of aromatic nitrogens is 2. The highest BCUT2D eigenvalue weighted by atomic mass is 16.5. The lowest BCUT2D eigenvalue weighted by atomic mass is 10.4. The molecule has 0 N–H and O–H groups in total. The van der Waals surface area contributed by atoms with Gasteiger partial charge in [-0.3, -0.25) is 4.79 Å². The Balaban J connectivity index is 1.73. The van der Waals surface area contributed by atoms with Crippen molar-refractivity contribution in [3.8, 4) is 5.88 Å². The van der Waals surface area contributed by atoms with E-state index in [0.717, 1.165) is 13.0 Å². The van der Waals surface area contributed by atoms with Crippen LogP contribution in [0.5, 0.6) is 5.88 Å². The first-order chi connectivity index (χ1) is 7.36. The summed E-state index contributed by atoms with van der Waals surface area (Å²) in [6.45, 7) is 1.98. The van der Waals surface area contributed by atoms with Crippen molar-refractivity contribution in [2.45, 2.75) is 12.8 Å². The lowest BCUT2D eigenvalue weighted by molar-refractivity contribution is -0.128. The number of nitrogens with zero attached hydrogens (tertiary/aromatic N) is 3. The summed E-state index contributed by atoms with van der Waals surface area (Å²) in [5.74, 6) is 0.776. The smallest absolute Gasteiger partial charge is 0.222 e. The van der Waals surface area contributed by atoms with E-state index in [0.29, 0.717) is 25.5 Å². The Labute approximate surface area is 88.1 Å². The van der Waals surface area contributed by atoms with Gasteiger partial charge in [0.1, 0.15) is 12.9 Å². The third-order valence-corrected chi connectivity index (χ3v) is 2.34. The van der Waals surface area contributed by atoms with E-state index in [2.05, 4.69) is 9.97 Å². The number of carbonyl (C=O) groups excluding carboxylic acids is 1. The number of likely N-dealkylation sites (tertiary alicyclic amines) is 1. The second-order valence-electron chi connectivity index (χ2n) is 3.38. The Bertz CT molecular complexity index is 329. The molecule has 1 aliphatic rings. The molecule has 0 bridgehead atoms. The first-order valence-corrected chi connectivity index (χ1v) is 5.03. The summed E-state index contributed by atoms with van der Waals surface area (Å²) in [5, 5.41) is 0. The van der Waals surface area contributed by atoms with Crippen LogP contribution >= 0.6 is 0 Å². The lowest BCUT2D eigenvalue weighted by Gasteiger charge is -2.15. The van der Waals surface area contributed by atoms with Crippen molar-refractivity contribution in [2.75, 3.05) is 19.7 Å². The fraction of sp³-hybridized carbons (Fsp3) is 0.500. The molecule has 5 nitrogen and oxygen atoms in total. The van der Waals surface area contributed by atoms with Crippen LogP contribution in [0.4, 0.5) is 0 Å². The van der Waals surface area contributed by atoms with Crippen molar-refractivity contribution in [3.63, 3.8) is 0 Å². The summed E-state index contributed by atoms with van der Waals surface area (Å²) < 4.78 is 5.37. The first-order valence-electron chi connectivity index (χ1n) is 5.03. The molecule has 0 unspecified atom stereocenters. The van der Waals surface area contributed by atoms with Crippen LogP contribution in [-0.4, -0.2) is 40.5 Å². The average molecular weight is 207 g/mol. The highest BCUT2D eigenvalue weighted by Gasteiger charge is 2.19. The maximum Gasteiger partial charge on any atom is 0.222 e. The molecule has 0 spiro atoms. The normalized spacial score (nSPS) is 15.7. The predicted molar refractivity (Wildman–Crippen MR) is 53.3 cm³/mol. The third kappa shape index (κ3) is 2.65. The van der Waals surface area contributed by atoms with Crippen LogP contribution in [0.1, 0.15) is 12.8 Å². The van der Waals surface area contributed by atoms with Crippen molar-refractivity contribution in [1.82, 2.24) is 14.9 Å². The van der Waals surface area contributed by atoms with Crippen molar-refractivity contribution in [1.29, 1.82) is 0 Å². The van der Waals surface area contributed by atoms with Crippen LogP contribution in [0, 0.1) is 0 Å². The summed E-state index contributed by atoms with van der Waals surface area (Å²) in [7, 11) is 0. The Morgan fingerprint density at radius 1 is 1.53 bits per heavy atom. The molecule has 0 aromatic carbocycles. The Morgan fingerprint density at radius 3 is 3.13 bits per heavy atom. The molecular weight excluding hydrogens is 194 g/mol. The molecule has 0 atom stereocenters. The summed E-state index contributed by atoms with van der Waals surface area (Å²) in [5.41, 5.74) is 0. The van der Waals surface area contributed by atoms with Gasteiger partial charge in [0, 0.05) is 25.2 Å². The van der Waals surface area contributed by atoms with Crippen LogP contribution in [0.25, 0.3) is 0 Å². The molecule has 0 saturated carbocycles. The highest BCUT2D eigenvalue weighted by molar-refractivity contribution is 5.78. The average Bonchev–Trinajstić information content (AvgIpc) is 2.66. The zero-order valence-corrected chi connectivity index (χ0v) is 8.43. The molecule has 1 fully saturated rings. The molecule has 15 heavy (non-hydrogen) atoms. The van der Waals surface area contributed by atoms with Gasteiger partial charge in [0.05, 0.1) is 6.54 Å². The van der Waals surface area contributed by atoms with E-state index in [1.54, 1.807) is 12.3 Å². The van der Waals surface area contributed by atoms with Gasteiger partial charge >= 0.3 is 0 Å². The van der Waals surface area contributed by atoms with Crippen LogP contribution in [0.3, 0.4) is 0 Å².